The van der Waals surface area contributed by atoms with Crippen LogP contribution in [0.2, 0.25) is 0 Å². The van der Waals surface area contributed by atoms with Gasteiger partial charge in [0, 0.05) is 16.9 Å². The molecule has 0 saturated carbocycles. The van der Waals surface area contributed by atoms with Gasteiger partial charge in [-0.1, -0.05) is 121 Å². The van der Waals surface area contributed by atoms with E-state index < -0.39 is 12.0 Å². The highest BCUT2D eigenvalue weighted by Gasteiger charge is 2.37. The summed E-state index contributed by atoms with van der Waals surface area (Å²) >= 11 is 0. The lowest BCUT2D eigenvalue weighted by atomic mass is 9.72. The smallest absolute Gasteiger partial charge is 0.330 e. The fourth-order valence-electron chi connectivity index (χ4n) is 3.18. The van der Waals surface area contributed by atoms with Gasteiger partial charge in [0.1, 0.15) is 0 Å². The topological polar surface area (TPSA) is 83.5 Å². The Bertz CT molecular complexity index is 752. The summed E-state index contributed by atoms with van der Waals surface area (Å²) in [7, 11) is 0. The molecule has 0 bridgehead atoms. The number of amides is 1. The fraction of sp³-hybridized carbons (Fsp3) is 0.676. The number of hydrogen-bond donors (Lipinski definition) is 2. The predicted octanol–water partition coefficient (Wildman–Crippen LogP) is 9.46. The zero-order valence-electron chi connectivity index (χ0n) is 28.5. The molecule has 0 aliphatic carbocycles. The molecule has 0 heterocycles. The second kappa shape index (κ2) is 24.6. The van der Waals surface area contributed by atoms with Crippen molar-refractivity contribution < 1.29 is 19.5 Å². The fourth-order valence-corrected chi connectivity index (χ4v) is 3.18. The molecule has 0 aromatic heterocycles. The van der Waals surface area contributed by atoms with Gasteiger partial charge in [-0.15, -0.1) is 13.2 Å². The molecule has 1 unspecified atom stereocenters. The van der Waals surface area contributed by atoms with Crippen LogP contribution in [0.1, 0.15) is 117 Å². The van der Waals surface area contributed by atoms with E-state index in [4.69, 9.17) is 5.11 Å². The maximum Gasteiger partial charge on any atom is 0.330 e. The maximum atomic E-state index is 12.6. The van der Waals surface area contributed by atoms with Crippen molar-refractivity contribution in [2.24, 2.45) is 28.6 Å². The molecule has 0 aliphatic heterocycles. The van der Waals surface area contributed by atoms with Crippen molar-refractivity contribution in [1.82, 2.24) is 5.32 Å². The number of allylic oxidation sites excluding steroid dienone is 4. The molecule has 0 spiro atoms. The first-order valence-corrected chi connectivity index (χ1v) is 14.3. The van der Waals surface area contributed by atoms with Crippen LogP contribution in [-0.4, -0.2) is 28.8 Å². The zero-order valence-corrected chi connectivity index (χ0v) is 28.5. The minimum absolute atomic E-state index is 0.0177. The third kappa shape index (κ3) is 21.1. The molecule has 0 aliphatic rings. The van der Waals surface area contributed by atoms with Gasteiger partial charge in [0.15, 0.2) is 5.78 Å². The van der Waals surface area contributed by atoms with Crippen LogP contribution in [-0.2, 0) is 14.4 Å². The summed E-state index contributed by atoms with van der Waals surface area (Å²) in [5, 5.41) is 11.5. The highest BCUT2D eigenvalue weighted by molar-refractivity contribution is 5.89. The molecule has 0 aromatic rings. The first-order chi connectivity index (χ1) is 17.8. The number of Topliss-reactive ketones (excluding diaryl/α,β-unsaturated/α-hetero) is 1. The quantitative estimate of drug-likeness (QED) is 0.170. The highest BCUT2D eigenvalue weighted by Crippen LogP contribution is 2.36. The van der Waals surface area contributed by atoms with E-state index in [1.54, 1.807) is 19.1 Å². The van der Waals surface area contributed by atoms with Crippen molar-refractivity contribution in [2.45, 2.75) is 123 Å². The second-order valence-corrected chi connectivity index (χ2v) is 11.3. The maximum absolute atomic E-state index is 12.6. The van der Waals surface area contributed by atoms with E-state index >= 15 is 0 Å². The summed E-state index contributed by atoms with van der Waals surface area (Å²) in [5.41, 5.74) is 0.832. The van der Waals surface area contributed by atoms with Crippen molar-refractivity contribution >= 4 is 17.7 Å². The number of carboxylic acid groups (broad SMARTS) is 1. The average molecular weight is 552 g/mol. The Morgan fingerprint density at radius 3 is 1.54 bits per heavy atom. The number of carbonyl (C=O) groups is 3. The van der Waals surface area contributed by atoms with Gasteiger partial charge in [-0.2, -0.15) is 0 Å². The molecule has 0 rings (SSSR count). The van der Waals surface area contributed by atoms with Crippen LogP contribution < -0.4 is 5.32 Å². The number of rotatable bonds is 9. The van der Waals surface area contributed by atoms with Gasteiger partial charge in [0.25, 0.3) is 0 Å². The van der Waals surface area contributed by atoms with Gasteiger partial charge >= 0.3 is 5.97 Å². The molecule has 230 valence electrons. The van der Waals surface area contributed by atoms with E-state index in [1.165, 1.54) is 13.3 Å². The molecule has 0 radical (unpaired) electrons. The van der Waals surface area contributed by atoms with Gasteiger partial charge in [-0.25, -0.2) is 4.79 Å². The van der Waals surface area contributed by atoms with Crippen LogP contribution in [0.25, 0.3) is 0 Å². The van der Waals surface area contributed by atoms with Gasteiger partial charge in [0.05, 0.1) is 6.04 Å². The highest BCUT2D eigenvalue weighted by atomic mass is 16.4. The Kier molecular flexibility index (Phi) is 29.3. The van der Waals surface area contributed by atoms with Crippen molar-refractivity contribution in [3.05, 3.63) is 49.1 Å². The van der Waals surface area contributed by atoms with Crippen LogP contribution in [0.15, 0.2) is 49.1 Å². The molecule has 0 fully saturated rings. The van der Waals surface area contributed by atoms with Crippen LogP contribution in [0.4, 0.5) is 0 Å². The predicted molar refractivity (Wildman–Crippen MR) is 173 cm³/mol. The molecular formula is C34H65NO4. The summed E-state index contributed by atoms with van der Waals surface area (Å²) in [4.78, 5) is 34.8. The van der Waals surface area contributed by atoms with Gasteiger partial charge in [0.2, 0.25) is 5.91 Å². The molecule has 3 atom stereocenters. The van der Waals surface area contributed by atoms with Crippen molar-refractivity contribution in [3.63, 3.8) is 0 Å². The SMILES string of the molecule is C/C(=C\[C@@H](C)C(C)C)C(=O)O.C=C.C=C/C(=C\C)C(C)(C)[C@H](C)C(=O)NC(C(C)=O)C(C)(C)C.CC.CCC. The minimum atomic E-state index is -0.822. The van der Waals surface area contributed by atoms with E-state index in [-0.39, 0.29) is 28.4 Å². The molecule has 5 heteroatoms. The molecule has 0 saturated heterocycles. The summed E-state index contributed by atoms with van der Waals surface area (Å²) in [6.45, 7) is 41.1. The van der Waals surface area contributed by atoms with E-state index in [1.807, 2.05) is 75.3 Å². The Labute approximate surface area is 243 Å². The van der Waals surface area contributed by atoms with E-state index in [0.29, 0.717) is 17.4 Å². The lowest BCUT2D eigenvalue weighted by Crippen LogP contribution is -2.51. The Morgan fingerprint density at radius 1 is 0.923 bits per heavy atom. The lowest BCUT2D eigenvalue weighted by Gasteiger charge is -2.35. The van der Waals surface area contributed by atoms with Crippen molar-refractivity contribution in [2.75, 3.05) is 0 Å². The van der Waals surface area contributed by atoms with E-state index in [0.717, 1.165) is 5.57 Å². The normalized spacial score (nSPS) is 13.7. The van der Waals surface area contributed by atoms with E-state index in [9.17, 15) is 14.4 Å². The lowest BCUT2D eigenvalue weighted by molar-refractivity contribution is -0.133. The number of nitrogens with one attached hydrogen (secondary N) is 1. The monoisotopic (exact) mass is 551 g/mol. The standard InChI is InChI=1S/C18H31NO2.C9H16O2.C3H8.C2H6.C2H4/c1-10-14(11-2)18(8,9)12(3)16(21)19-15(13(4)20)17(5,6)7;1-6(2)7(3)5-8(4)9(10)11;1-3-2;2*1-2/h10-12,15H,1H2,2-9H3,(H,19,21);5-7H,1-4H3,(H,10,11);3H2,1-2H3;1-2H3;1-2H2/b14-11+;8-5+;;;/t12-,15?;7-;;;/m11.../s1. The van der Waals surface area contributed by atoms with Gasteiger partial charge < -0.3 is 10.4 Å². The zero-order chi connectivity index (χ0) is 32.7. The molecular weight excluding hydrogens is 486 g/mol. The molecule has 2 N–H and O–H groups in total. The van der Waals surface area contributed by atoms with Crippen LogP contribution in [0, 0.1) is 28.6 Å². The summed E-state index contributed by atoms with van der Waals surface area (Å²) in [6, 6.07) is -0.471. The number of hydrogen-bond acceptors (Lipinski definition) is 3. The summed E-state index contributed by atoms with van der Waals surface area (Å²) < 4.78 is 0. The van der Waals surface area contributed by atoms with Gasteiger partial charge in [-0.05, 0) is 43.6 Å². The van der Waals surface area contributed by atoms with Gasteiger partial charge in [-0.3, -0.25) is 9.59 Å². The first-order valence-electron chi connectivity index (χ1n) is 14.3. The number of carboxylic acids is 1. The van der Waals surface area contributed by atoms with Crippen LogP contribution in [0.5, 0.6) is 0 Å². The Morgan fingerprint density at radius 2 is 1.31 bits per heavy atom. The molecule has 0 aromatic carbocycles. The third-order valence-electron chi connectivity index (χ3n) is 6.21. The first kappa shape index (κ1) is 46.4. The molecule has 5 nitrogen and oxygen atoms in total. The Hall–Kier alpha value is -2.43. The number of carbonyl (C=O) groups excluding carboxylic acids is 2. The molecule has 39 heavy (non-hydrogen) atoms. The Balaban J connectivity index is -0.000000179. The average Bonchev–Trinajstić information content (AvgIpc) is 2.84. The number of aliphatic carboxylic acids is 1. The third-order valence-corrected chi connectivity index (χ3v) is 6.21. The number of ketones is 1. The van der Waals surface area contributed by atoms with Crippen molar-refractivity contribution in [1.29, 1.82) is 0 Å². The summed E-state index contributed by atoms with van der Waals surface area (Å²) in [5.74, 6) is -0.356. The van der Waals surface area contributed by atoms with Crippen LogP contribution in [0.3, 0.4) is 0 Å². The van der Waals surface area contributed by atoms with Crippen LogP contribution >= 0.6 is 0 Å². The minimum Gasteiger partial charge on any atom is -0.478 e. The largest absolute Gasteiger partial charge is 0.478 e. The molecule has 1 amide bonds. The van der Waals surface area contributed by atoms with Crippen molar-refractivity contribution in [3.8, 4) is 0 Å². The van der Waals surface area contributed by atoms with E-state index in [2.05, 4.69) is 52.7 Å². The second-order valence-electron chi connectivity index (χ2n) is 11.3. The summed E-state index contributed by atoms with van der Waals surface area (Å²) in [6.07, 6.45) is 6.81.